The van der Waals surface area contributed by atoms with Gasteiger partial charge in [-0.25, -0.2) is 0 Å². The third kappa shape index (κ3) is 2.48. The van der Waals surface area contributed by atoms with E-state index in [0.717, 1.165) is 0 Å². The van der Waals surface area contributed by atoms with Crippen molar-refractivity contribution in [3.8, 4) is 0 Å². The van der Waals surface area contributed by atoms with E-state index in [1.54, 1.807) is 21.5 Å². The molecule has 1 heterocycles. The van der Waals surface area contributed by atoms with Gasteiger partial charge < -0.3 is 0 Å². The van der Waals surface area contributed by atoms with Crippen molar-refractivity contribution in [2.75, 3.05) is 0 Å². The topological polar surface area (TPSA) is 0 Å². The van der Waals surface area contributed by atoms with Gasteiger partial charge in [0.05, 0.1) is 0 Å². The van der Waals surface area contributed by atoms with Crippen LogP contribution in [0.5, 0.6) is 0 Å². The summed E-state index contributed by atoms with van der Waals surface area (Å²) >= 11 is 0. The molecule has 0 fully saturated rings. The Labute approximate surface area is 107 Å². The number of hydrogen-bond acceptors (Lipinski definition) is 0. The summed E-state index contributed by atoms with van der Waals surface area (Å²) < 4.78 is 0. The Hall–Kier alpha value is 0.914. The molecule has 68 valence electrons. The molecule has 0 aliphatic carbocycles. The van der Waals surface area contributed by atoms with Gasteiger partial charge in [-0.1, -0.05) is 34.6 Å². The molecule has 0 spiro atoms. The van der Waals surface area contributed by atoms with Crippen molar-refractivity contribution in [1.29, 1.82) is 0 Å². The van der Waals surface area contributed by atoms with Crippen LogP contribution in [0.3, 0.4) is 0 Å². The fourth-order valence-electron chi connectivity index (χ4n) is 1.69. The van der Waals surface area contributed by atoms with Gasteiger partial charge in [0.2, 0.25) is 0 Å². The van der Waals surface area contributed by atoms with E-state index in [-0.39, 0.29) is 45.4 Å². The molecule has 0 aliphatic heterocycles. The second-order valence-corrected chi connectivity index (χ2v) is 12.2. The van der Waals surface area contributed by atoms with Crippen LogP contribution >= 0.6 is 0 Å². The molecule has 3 heteroatoms. The van der Waals surface area contributed by atoms with E-state index in [4.69, 9.17) is 0 Å². The number of hydrogen-bond donors (Lipinski definition) is 0. The van der Waals surface area contributed by atoms with Crippen molar-refractivity contribution in [3.05, 3.63) is 21.5 Å². The molecule has 1 aromatic rings. The normalized spacial score (nSPS) is 9.69. The molecule has 0 N–H and O–H groups in total. The van der Waals surface area contributed by atoms with Gasteiger partial charge in [-0.3, -0.25) is 0 Å². The van der Waals surface area contributed by atoms with Gasteiger partial charge in [-0.05, 0) is 27.7 Å². The quantitative estimate of drug-likeness (QED) is 0.578. The summed E-state index contributed by atoms with van der Waals surface area (Å²) in [4.78, 5) is 0. The average molecular weight is 218 g/mol. The van der Waals surface area contributed by atoms with Crippen LogP contribution in [0.25, 0.3) is 0 Å². The predicted octanol–water partition coefficient (Wildman–Crippen LogP) is 1.40. The Balaban J connectivity index is 0.00000144. The molecule has 0 aliphatic rings. The van der Waals surface area contributed by atoms with E-state index in [9.17, 15) is 0 Å². The molecule has 13 heavy (non-hydrogen) atoms. The molecule has 0 aromatic carbocycles. The maximum absolute atomic E-state index is 2.48. The summed E-state index contributed by atoms with van der Waals surface area (Å²) in [5.74, 6) is 0. The molecule has 1 aromatic heterocycles. The maximum atomic E-state index is 2.48. The summed E-state index contributed by atoms with van der Waals surface area (Å²) in [7, 11) is -0.309. The molecular formula is C10H19NaSi2. The van der Waals surface area contributed by atoms with Crippen molar-refractivity contribution < 1.29 is 0 Å². The molecule has 0 saturated heterocycles. The Morgan fingerprint density at radius 1 is 0.692 bits per heavy atom. The number of rotatable bonds is 0. The van der Waals surface area contributed by atoms with Gasteiger partial charge in [0.1, 0.15) is 0 Å². The minimum absolute atomic E-state index is 0. The first-order valence-electron chi connectivity index (χ1n) is 4.50. The summed E-state index contributed by atoms with van der Waals surface area (Å²) in [6.45, 7) is 14.2. The van der Waals surface area contributed by atoms with Crippen molar-refractivity contribution in [1.82, 2.24) is 0 Å². The van der Waals surface area contributed by atoms with Gasteiger partial charge in [0, 0.05) is 15.8 Å². The van der Waals surface area contributed by atoms with Crippen molar-refractivity contribution in [3.63, 3.8) is 0 Å². The second kappa shape index (κ2) is 5.12. The van der Waals surface area contributed by atoms with E-state index < -0.39 is 0 Å². The van der Waals surface area contributed by atoms with E-state index in [0.29, 0.717) is 0 Å². The molecular weight excluding hydrogens is 199 g/mol. The summed E-state index contributed by atoms with van der Waals surface area (Å²) in [6, 6.07) is 0. The Kier molecular flexibility index (Phi) is 5.48. The van der Waals surface area contributed by atoms with Crippen LogP contribution in [0.15, 0.2) is 0 Å². The zero-order valence-electron chi connectivity index (χ0n) is 9.00. The fourth-order valence-corrected chi connectivity index (χ4v) is 8.81. The molecule has 0 saturated carbocycles. The third-order valence-corrected chi connectivity index (χ3v) is 13.1. The van der Waals surface area contributed by atoms with Gasteiger partial charge in [-0.15, -0.1) is 0 Å². The van der Waals surface area contributed by atoms with E-state index in [1.807, 2.05) is 0 Å². The van der Waals surface area contributed by atoms with Crippen LogP contribution in [0, 0.1) is 27.7 Å². The zero-order chi connectivity index (χ0) is 9.46. The fraction of sp³-hybridized carbons (Fsp3) is 0.600. The van der Waals surface area contributed by atoms with Crippen LogP contribution in [-0.4, -0.2) is 45.4 Å². The first kappa shape index (κ1) is 13.9. The van der Waals surface area contributed by atoms with Crippen LogP contribution in [-0.2, 0) is 13.1 Å². The first-order chi connectivity index (χ1) is 5.46. The van der Waals surface area contributed by atoms with Crippen LogP contribution in [0.1, 0.15) is 21.5 Å². The monoisotopic (exact) mass is 218 g/mol. The molecule has 0 radical (unpaired) electrons. The molecule has 0 amide bonds. The Bertz CT molecular complexity index is 227. The Morgan fingerprint density at radius 3 is 1.15 bits per heavy atom. The van der Waals surface area contributed by atoms with E-state index >= 15 is 0 Å². The van der Waals surface area contributed by atoms with Gasteiger partial charge in [-0.2, -0.15) is 0 Å². The van der Waals surface area contributed by atoms with Gasteiger partial charge >= 0.3 is 29.6 Å². The van der Waals surface area contributed by atoms with Gasteiger partial charge in [0.15, 0.2) is 0 Å². The zero-order valence-corrected chi connectivity index (χ0v) is 11.0. The second-order valence-electron chi connectivity index (χ2n) is 3.75. The summed E-state index contributed by atoms with van der Waals surface area (Å²) in [5.41, 5.74) is 3.17. The summed E-state index contributed by atoms with van der Waals surface area (Å²) in [6.07, 6.45) is 0. The van der Waals surface area contributed by atoms with Crippen LogP contribution < -0.4 is 0 Å². The van der Waals surface area contributed by atoms with Crippen LogP contribution in [0.2, 0.25) is 0 Å². The third-order valence-electron chi connectivity index (χ3n) is 3.38. The van der Waals surface area contributed by atoms with E-state index in [1.165, 1.54) is 0 Å². The van der Waals surface area contributed by atoms with Gasteiger partial charge in [0.25, 0.3) is 0 Å². The first-order valence-corrected chi connectivity index (χ1v) is 9.50. The molecule has 0 unspecified atom stereocenters. The Morgan fingerprint density at radius 2 is 0.923 bits per heavy atom. The van der Waals surface area contributed by atoms with Crippen LogP contribution in [0.4, 0.5) is 0 Å². The minimum atomic E-state index is -0.155. The van der Waals surface area contributed by atoms with Crippen molar-refractivity contribution in [2.24, 2.45) is 13.1 Å². The van der Waals surface area contributed by atoms with E-state index in [2.05, 4.69) is 40.8 Å². The van der Waals surface area contributed by atoms with Crippen molar-refractivity contribution in [2.45, 2.75) is 27.7 Å². The standard InChI is InChI=1S/C10H18Si2.Na.H/c1-7-8(2)10(4)12(6)11(5)9(7)3;;/h1-6H3;;. The predicted molar refractivity (Wildman–Crippen MR) is 66.4 cm³/mol. The van der Waals surface area contributed by atoms with Crippen molar-refractivity contribution >= 4 is 45.4 Å². The molecule has 0 nitrogen and oxygen atoms in total. The summed E-state index contributed by atoms with van der Waals surface area (Å²) in [5, 5.41) is 3.44. The molecule has 0 bridgehead atoms. The SMILES string of the molecule is Cc1c(C)c(C)[si](C)[si](C)c1C.[NaH]. The average Bonchev–Trinajstić information content (AvgIpc) is 2.08. The molecule has 1 rings (SSSR count). The molecule has 0 atom stereocenters.